The first-order chi connectivity index (χ1) is 9.33. The fourth-order valence-corrected chi connectivity index (χ4v) is 4.11. The highest BCUT2D eigenvalue weighted by atomic mass is 32.1. The van der Waals surface area contributed by atoms with Crippen LogP contribution in [0.2, 0.25) is 0 Å². The largest absolute Gasteiger partial charge is 0.349 e. The Bertz CT molecular complexity index is 623. The molecule has 0 aliphatic heterocycles. The minimum atomic E-state index is 0.130. The van der Waals surface area contributed by atoms with E-state index in [0.717, 1.165) is 36.2 Å². The number of hydrogen-bond donors (Lipinski definition) is 1. The van der Waals surface area contributed by atoms with Crippen LogP contribution in [0.1, 0.15) is 40.1 Å². The maximum atomic E-state index is 12.5. The Morgan fingerprint density at radius 1 is 1.26 bits per heavy atom. The first kappa shape index (κ1) is 11.3. The molecule has 19 heavy (non-hydrogen) atoms. The molecule has 4 rings (SSSR count). The molecule has 0 atom stereocenters. The molecule has 0 aromatic carbocycles. The SMILES string of the molecule is O=C(NC1CC1)c1c(-n2cccc2)sc2c1CCC2. The smallest absolute Gasteiger partial charge is 0.254 e. The number of aryl methyl sites for hydroxylation is 1. The van der Waals surface area contributed by atoms with Gasteiger partial charge in [-0.15, -0.1) is 11.3 Å². The van der Waals surface area contributed by atoms with Crippen molar-refractivity contribution in [2.24, 2.45) is 0 Å². The second kappa shape index (κ2) is 4.23. The predicted octanol–water partition coefficient (Wildman–Crippen LogP) is 2.92. The topological polar surface area (TPSA) is 34.0 Å². The molecule has 1 saturated carbocycles. The molecule has 98 valence electrons. The molecule has 2 aromatic rings. The van der Waals surface area contributed by atoms with E-state index in [1.54, 1.807) is 11.3 Å². The van der Waals surface area contributed by atoms with Crippen LogP contribution in [0.25, 0.3) is 5.00 Å². The molecule has 4 heteroatoms. The monoisotopic (exact) mass is 272 g/mol. The quantitative estimate of drug-likeness (QED) is 0.916. The summed E-state index contributed by atoms with van der Waals surface area (Å²) in [6, 6.07) is 4.43. The average Bonchev–Trinajstić information content (AvgIpc) is 2.87. The van der Waals surface area contributed by atoms with Gasteiger partial charge in [-0.3, -0.25) is 4.79 Å². The number of rotatable bonds is 3. The lowest BCUT2D eigenvalue weighted by molar-refractivity contribution is 0.0950. The van der Waals surface area contributed by atoms with E-state index in [-0.39, 0.29) is 5.91 Å². The van der Waals surface area contributed by atoms with Crippen molar-refractivity contribution in [1.29, 1.82) is 0 Å². The average molecular weight is 272 g/mol. The molecule has 0 unspecified atom stereocenters. The van der Waals surface area contributed by atoms with Gasteiger partial charge in [0.15, 0.2) is 0 Å². The number of amides is 1. The van der Waals surface area contributed by atoms with Crippen LogP contribution in [0.3, 0.4) is 0 Å². The first-order valence-electron chi connectivity index (χ1n) is 6.91. The normalized spacial score (nSPS) is 17.5. The van der Waals surface area contributed by atoms with Gasteiger partial charge in [0.1, 0.15) is 5.00 Å². The Morgan fingerprint density at radius 2 is 2.05 bits per heavy atom. The van der Waals surface area contributed by atoms with E-state index in [0.29, 0.717) is 6.04 Å². The fraction of sp³-hybridized carbons (Fsp3) is 0.400. The zero-order valence-corrected chi connectivity index (χ0v) is 11.5. The van der Waals surface area contributed by atoms with Gasteiger partial charge in [-0.2, -0.15) is 0 Å². The van der Waals surface area contributed by atoms with Crippen molar-refractivity contribution in [3.63, 3.8) is 0 Å². The number of carbonyl (C=O) groups excluding carboxylic acids is 1. The van der Waals surface area contributed by atoms with E-state index < -0.39 is 0 Å². The van der Waals surface area contributed by atoms with Crippen LogP contribution in [0, 0.1) is 0 Å². The number of nitrogens with one attached hydrogen (secondary N) is 1. The summed E-state index contributed by atoms with van der Waals surface area (Å²) in [6.07, 6.45) is 9.69. The minimum Gasteiger partial charge on any atom is -0.349 e. The van der Waals surface area contributed by atoms with E-state index in [1.165, 1.54) is 16.9 Å². The van der Waals surface area contributed by atoms with Crippen molar-refractivity contribution in [3.8, 4) is 5.00 Å². The third kappa shape index (κ3) is 1.91. The van der Waals surface area contributed by atoms with Gasteiger partial charge in [-0.25, -0.2) is 0 Å². The fourth-order valence-electron chi connectivity index (χ4n) is 2.76. The summed E-state index contributed by atoms with van der Waals surface area (Å²) in [6.45, 7) is 0. The van der Waals surface area contributed by atoms with Crippen LogP contribution >= 0.6 is 11.3 Å². The van der Waals surface area contributed by atoms with Gasteiger partial charge >= 0.3 is 0 Å². The Kier molecular flexibility index (Phi) is 2.52. The number of fused-ring (bicyclic) bond motifs is 1. The number of aromatic nitrogens is 1. The lowest BCUT2D eigenvalue weighted by atomic mass is 10.1. The van der Waals surface area contributed by atoms with Gasteiger partial charge in [0.05, 0.1) is 5.56 Å². The minimum absolute atomic E-state index is 0.130. The van der Waals surface area contributed by atoms with Crippen molar-refractivity contribution in [1.82, 2.24) is 9.88 Å². The van der Waals surface area contributed by atoms with Crippen molar-refractivity contribution in [2.75, 3.05) is 0 Å². The van der Waals surface area contributed by atoms with Gasteiger partial charge in [-0.1, -0.05) is 0 Å². The number of carbonyl (C=O) groups is 1. The van der Waals surface area contributed by atoms with Crippen molar-refractivity contribution in [3.05, 3.63) is 40.5 Å². The van der Waals surface area contributed by atoms with E-state index in [9.17, 15) is 4.79 Å². The highest BCUT2D eigenvalue weighted by Gasteiger charge is 2.30. The molecule has 0 radical (unpaired) electrons. The maximum absolute atomic E-state index is 12.5. The van der Waals surface area contributed by atoms with E-state index in [1.807, 2.05) is 24.5 Å². The van der Waals surface area contributed by atoms with Crippen LogP contribution in [0.5, 0.6) is 0 Å². The summed E-state index contributed by atoms with van der Waals surface area (Å²) in [7, 11) is 0. The first-order valence-corrected chi connectivity index (χ1v) is 7.73. The molecule has 0 spiro atoms. The van der Waals surface area contributed by atoms with Crippen molar-refractivity contribution in [2.45, 2.75) is 38.1 Å². The summed E-state index contributed by atoms with van der Waals surface area (Å²) in [5.74, 6) is 0.130. The molecule has 2 aliphatic rings. The van der Waals surface area contributed by atoms with Crippen molar-refractivity contribution >= 4 is 17.2 Å². The summed E-state index contributed by atoms with van der Waals surface area (Å²) < 4.78 is 2.07. The summed E-state index contributed by atoms with van der Waals surface area (Å²) >= 11 is 1.78. The molecule has 2 aromatic heterocycles. The summed E-state index contributed by atoms with van der Waals surface area (Å²) in [4.78, 5) is 13.9. The zero-order chi connectivity index (χ0) is 12.8. The molecule has 0 bridgehead atoms. The third-order valence-corrected chi connectivity index (χ3v) is 5.19. The standard InChI is InChI=1S/C15H16N2OS/c18-14(16-10-6-7-10)13-11-4-3-5-12(11)19-15(13)17-8-1-2-9-17/h1-2,8-10H,3-7H2,(H,16,18). The Labute approximate surface area is 116 Å². The molecule has 2 heterocycles. The van der Waals surface area contributed by atoms with Crippen LogP contribution in [0.4, 0.5) is 0 Å². The second-order valence-corrected chi connectivity index (χ2v) is 6.46. The maximum Gasteiger partial charge on any atom is 0.254 e. The number of hydrogen-bond acceptors (Lipinski definition) is 2. The predicted molar refractivity (Wildman–Crippen MR) is 76.2 cm³/mol. The highest BCUT2D eigenvalue weighted by molar-refractivity contribution is 7.15. The van der Waals surface area contributed by atoms with Gasteiger partial charge in [0.25, 0.3) is 5.91 Å². The van der Waals surface area contributed by atoms with Gasteiger partial charge in [-0.05, 0) is 49.8 Å². The molecule has 1 fully saturated rings. The third-order valence-electron chi connectivity index (χ3n) is 3.88. The Hall–Kier alpha value is -1.55. The lowest BCUT2D eigenvalue weighted by Crippen LogP contribution is -2.26. The van der Waals surface area contributed by atoms with E-state index in [4.69, 9.17) is 0 Å². The molecule has 0 saturated heterocycles. The van der Waals surface area contributed by atoms with Crippen LogP contribution in [-0.2, 0) is 12.8 Å². The van der Waals surface area contributed by atoms with Gasteiger partial charge in [0, 0.05) is 23.3 Å². The van der Waals surface area contributed by atoms with Crippen LogP contribution in [0.15, 0.2) is 24.5 Å². The number of thiophene rings is 1. The van der Waals surface area contributed by atoms with Crippen LogP contribution in [-0.4, -0.2) is 16.5 Å². The lowest BCUT2D eigenvalue weighted by Gasteiger charge is -2.08. The van der Waals surface area contributed by atoms with E-state index in [2.05, 4.69) is 9.88 Å². The molecule has 1 amide bonds. The highest BCUT2D eigenvalue weighted by Crippen LogP contribution is 2.38. The molecular formula is C15H16N2OS. The van der Waals surface area contributed by atoms with Crippen LogP contribution < -0.4 is 5.32 Å². The Balaban J connectivity index is 1.79. The van der Waals surface area contributed by atoms with Crippen molar-refractivity contribution < 1.29 is 4.79 Å². The molecule has 2 aliphatic carbocycles. The molecular weight excluding hydrogens is 256 g/mol. The van der Waals surface area contributed by atoms with Gasteiger partial charge < -0.3 is 9.88 Å². The van der Waals surface area contributed by atoms with Gasteiger partial charge in [0.2, 0.25) is 0 Å². The number of nitrogens with zero attached hydrogens (tertiary/aromatic N) is 1. The van der Waals surface area contributed by atoms with E-state index >= 15 is 0 Å². The molecule has 1 N–H and O–H groups in total. The summed E-state index contributed by atoms with van der Waals surface area (Å²) in [5, 5.41) is 4.23. The second-order valence-electron chi connectivity index (χ2n) is 5.38. The summed E-state index contributed by atoms with van der Waals surface area (Å²) in [5.41, 5.74) is 2.23. The Morgan fingerprint density at radius 3 is 2.79 bits per heavy atom. The molecule has 3 nitrogen and oxygen atoms in total. The zero-order valence-electron chi connectivity index (χ0n) is 10.7.